The van der Waals surface area contributed by atoms with E-state index in [4.69, 9.17) is 0 Å². The van der Waals surface area contributed by atoms with Crippen molar-refractivity contribution in [3.05, 3.63) is 44.5 Å². The third kappa shape index (κ3) is 1.83. The second-order valence-electron chi connectivity index (χ2n) is 3.30. The molecule has 2 aromatic rings. The first-order valence-corrected chi connectivity index (χ1v) is 5.34. The predicted molar refractivity (Wildman–Crippen MR) is 63.1 cm³/mol. The minimum atomic E-state index is -0.420. The monoisotopic (exact) mass is 281 g/mol. The van der Waals surface area contributed by atoms with Crippen LogP contribution in [0.15, 0.2) is 28.7 Å². The lowest BCUT2D eigenvalue weighted by atomic mass is 10.1. The van der Waals surface area contributed by atoms with E-state index < -0.39 is 4.92 Å². The number of aryl methyl sites for hydroxylation is 1. The van der Waals surface area contributed by atoms with Crippen molar-refractivity contribution in [3.8, 4) is 11.3 Å². The molecule has 0 unspecified atom stereocenters. The van der Waals surface area contributed by atoms with Crippen LogP contribution in [0, 0.1) is 17.0 Å². The van der Waals surface area contributed by atoms with Gasteiger partial charge in [0.15, 0.2) is 0 Å². The van der Waals surface area contributed by atoms with Gasteiger partial charge in [0.05, 0.1) is 20.8 Å². The van der Waals surface area contributed by atoms with Crippen LogP contribution in [0.2, 0.25) is 0 Å². The molecule has 1 aromatic carbocycles. The largest absolute Gasteiger partial charge is 0.276 e. The number of hydrogen-bond acceptors (Lipinski definition) is 3. The molecule has 0 spiro atoms. The minimum Gasteiger partial charge on any atom is -0.276 e. The molecule has 0 aliphatic carbocycles. The summed E-state index contributed by atoms with van der Waals surface area (Å²) < 4.78 is 0.876. The second-order valence-corrected chi connectivity index (χ2v) is 4.09. The highest BCUT2D eigenvalue weighted by Gasteiger charge is 2.10. The number of nitro groups is 1. The van der Waals surface area contributed by atoms with Crippen LogP contribution >= 0.6 is 15.9 Å². The summed E-state index contributed by atoms with van der Waals surface area (Å²) in [5.74, 6) is 0. The Labute approximate surface area is 99.8 Å². The van der Waals surface area contributed by atoms with Crippen molar-refractivity contribution in [2.24, 2.45) is 0 Å². The Balaban J connectivity index is 2.42. The molecule has 0 saturated heterocycles. The predicted octanol–water partition coefficient (Wildman–Crippen LogP) is 3.06. The highest BCUT2D eigenvalue weighted by Crippen LogP contribution is 2.29. The number of benzene rings is 1. The number of non-ortho nitro benzene ring substituents is 1. The number of hydrogen-bond donors (Lipinski definition) is 1. The van der Waals surface area contributed by atoms with Crippen molar-refractivity contribution in [1.82, 2.24) is 10.2 Å². The van der Waals surface area contributed by atoms with E-state index >= 15 is 0 Å². The number of nitro benzene ring substituents is 1. The van der Waals surface area contributed by atoms with Gasteiger partial charge >= 0.3 is 0 Å². The molecule has 0 aliphatic rings. The number of H-pyrrole nitrogens is 1. The lowest BCUT2D eigenvalue weighted by Crippen LogP contribution is -1.87. The second kappa shape index (κ2) is 4.05. The van der Waals surface area contributed by atoms with Crippen LogP contribution in [0.1, 0.15) is 5.69 Å². The van der Waals surface area contributed by atoms with Gasteiger partial charge in [0, 0.05) is 17.7 Å². The topological polar surface area (TPSA) is 71.8 Å². The SMILES string of the molecule is Cc1n[nH]c(-c2ccc([N+](=O)[O-])cc2)c1Br. The molecule has 6 heteroatoms. The van der Waals surface area contributed by atoms with Gasteiger partial charge in [-0.05, 0) is 35.0 Å². The number of aromatic nitrogens is 2. The van der Waals surface area contributed by atoms with Crippen LogP contribution in [0.25, 0.3) is 11.3 Å². The number of rotatable bonds is 2. The molecule has 0 radical (unpaired) electrons. The average molecular weight is 282 g/mol. The zero-order valence-electron chi connectivity index (χ0n) is 8.40. The quantitative estimate of drug-likeness (QED) is 0.679. The van der Waals surface area contributed by atoms with E-state index in [9.17, 15) is 10.1 Å². The zero-order valence-corrected chi connectivity index (χ0v) is 9.98. The highest BCUT2D eigenvalue weighted by atomic mass is 79.9. The van der Waals surface area contributed by atoms with Gasteiger partial charge in [0.2, 0.25) is 0 Å². The summed E-state index contributed by atoms with van der Waals surface area (Å²) >= 11 is 3.41. The number of halogens is 1. The Hall–Kier alpha value is -1.69. The Morgan fingerprint density at radius 2 is 2.00 bits per heavy atom. The van der Waals surface area contributed by atoms with E-state index in [1.165, 1.54) is 12.1 Å². The van der Waals surface area contributed by atoms with Crippen molar-refractivity contribution in [2.45, 2.75) is 6.92 Å². The van der Waals surface area contributed by atoms with Crippen molar-refractivity contribution in [1.29, 1.82) is 0 Å². The highest BCUT2D eigenvalue weighted by molar-refractivity contribution is 9.10. The Morgan fingerprint density at radius 3 is 2.44 bits per heavy atom. The smallest absolute Gasteiger partial charge is 0.269 e. The van der Waals surface area contributed by atoms with E-state index in [0.717, 1.165) is 21.4 Å². The Morgan fingerprint density at radius 1 is 1.38 bits per heavy atom. The van der Waals surface area contributed by atoms with E-state index in [0.29, 0.717) is 0 Å². The van der Waals surface area contributed by atoms with E-state index in [1.54, 1.807) is 12.1 Å². The number of aromatic amines is 1. The molecular weight excluding hydrogens is 274 g/mol. The van der Waals surface area contributed by atoms with Crippen LogP contribution in [-0.2, 0) is 0 Å². The van der Waals surface area contributed by atoms with Gasteiger partial charge in [-0.2, -0.15) is 5.10 Å². The van der Waals surface area contributed by atoms with Gasteiger partial charge in [-0.1, -0.05) is 0 Å². The lowest BCUT2D eigenvalue weighted by molar-refractivity contribution is -0.384. The first kappa shape index (κ1) is 10.8. The van der Waals surface area contributed by atoms with Crippen LogP contribution in [0.3, 0.4) is 0 Å². The van der Waals surface area contributed by atoms with Crippen molar-refractivity contribution >= 4 is 21.6 Å². The van der Waals surface area contributed by atoms with Crippen molar-refractivity contribution in [3.63, 3.8) is 0 Å². The summed E-state index contributed by atoms with van der Waals surface area (Å²) in [4.78, 5) is 10.1. The first-order valence-electron chi connectivity index (χ1n) is 4.55. The molecule has 0 atom stereocenters. The molecule has 1 heterocycles. The molecule has 16 heavy (non-hydrogen) atoms. The van der Waals surface area contributed by atoms with Gasteiger partial charge in [-0.15, -0.1) is 0 Å². The molecule has 0 saturated carbocycles. The third-order valence-corrected chi connectivity index (χ3v) is 3.21. The van der Waals surface area contributed by atoms with Gasteiger partial charge in [0.1, 0.15) is 0 Å². The molecule has 0 amide bonds. The zero-order chi connectivity index (χ0) is 11.7. The van der Waals surface area contributed by atoms with Crippen LogP contribution < -0.4 is 0 Å². The summed E-state index contributed by atoms with van der Waals surface area (Å²) in [6.45, 7) is 1.87. The molecule has 0 bridgehead atoms. The maximum atomic E-state index is 10.5. The van der Waals surface area contributed by atoms with E-state index in [2.05, 4.69) is 26.1 Å². The van der Waals surface area contributed by atoms with Gasteiger partial charge in [-0.3, -0.25) is 15.2 Å². The number of nitrogens with one attached hydrogen (secondary N) is 1. The van der Waals surface area contributed by atoms with E-state index in [1.807, 2.05) is 6.92 Å². The van der Waals surface area contributed by atoms with E-state index in [-0.39, 0.29) is 5.69 Å². The first-order chi connectivity index (χ1) is 7.59. The summed E-state index contributed by atoms with van der Waals surface area (Å²) in [5, 5.41) is 17.4. The van der Waals surface area contributed by atoms with Crippen LogP contribution in [-0.4, -0.2) is 15.1 Å². The molecule has 0 aliphatic heterocycles. The van der Waals surface area contributed by atoms with Gasteiger partial charge < -0.3 is 0 Å². The molecule has 2 rings (SSSR count). The summed E-state index contributed by atoms with van der Waals surface area (Å²) in [5.41, 5.74) is 2.62. The molecule has 1 aromatic heterocycles. The normalized spacial score (nSPS) is 10.4. The number of nitrogens with zero attached hydrogens (tertiary/aromatic N) is 2. The average Bonchev–Trinajstić information content (AvgIpc) is 2.60. The van der Waals surface area contributed by atoms with Gasteiger partial charge in [-0.25, -0.2) is 0 Å². The molecule has 5 nitrogen and oxygen atoms in total. The maximum Gasteiger partial charge on any atom is 0.269 e. The van der Waals surface area contributed by atoms with Crippen LogP contribution in [0.5, 0.6) is 0 Å². The van der Waals surface area contributed by atoms with Crippen molar-refractivity contribution < 1.29 is 4.92 Å². The van der Waals surface area contributed by atoms with Gasteiger partial charge in [0.25, 0.3) is 5.69 Å². The Kier molecular flexibility index (Phi) is 2.74. The van der Waals surface area contributed by atoms with Crippen LogP contribution in [0.4, 0.5) is 5.69 Å². The fourth-order valence-corrected chi connectivity index (χ4v) is 1.77. The maximum absolute atomic E-state index is 10.5. The minimum absolute atomic E-state index is 0.0797. The fraction of sp³-hybridized carbons (Fsp3) is 0.100. The summed E-state index contributed by atoms with van der Waals surface area (Å²) in [6, 6.07) is 6.32. The molecular formula is C10H8BrN3O2. The molecule has 0 fully saturated rings. The Bertz CT molecular complexity index is 533. The molecule has 1 N–H and O–H groups in total. The molecule has 82 valence electrons. The summed E-state index contributed by atoms with van der Waals surface area (Å²) in [6.07, 6.45) is 0. The summed E-state index contributed by atoms with van der Waals surface area (Å²) in [7, 11) is 0. The van der Waals surface area contributed by atoms with Crippen molar-refractivity contribution in [2.75, 3.05) is 0 Å². The lowest BCUT2D eigenvalue weighted by Gasteiger charge is -1.98. The fourth-order valence-electron chi connectivity index (χ4n) is 1.36. The third-order valence-electron chi connectivity index (χ3n) is 2.24. The standard InChI is InChI=1S/C10H8BrN3O2/c1-6-9(11)10(13-12-6)7-2-4-8(5-3-7)14(15)16/h2-5H,1H3,(H,12,13).